The molecule has 0 spiro atoms. The topological polar surface area (TPSA) is 38.7 Å². The van der Waals surface area contributed by atoms with E-state index in [2.05, 4.69) is 4.99 Å². The third-order valence-corrected chi connectivity index (χ3v) is 2.75. The summed E-state index contributed by atoms with van der Waals surface area (Å²) in [4.78, 5) is 14.1. The molecule has 1 fully saturated rings. The number of halogens is 2. The number of carbonyl (C=O) groups excluding carboxylic acids is 1. The zero-order valence-electron chi connectivity index (χ0n) is 9.03. The van der Waals surface area contributed by atoms with Gasteiger partial charge >= 0.3 is 0 Å². The van der Waals surface area contributed by atoms with Gasteiger partial charge < -0.3 is 4.74 Å². The molecule has 1 aromatic rings. The first-order valence-corrected chi connectivity index (χ1v) is 5.27. The number of nitrogens with zero attached hydrogens (tertiary/aromatic N) is 1. The van der Waals surface area contributed by atoms with E-state index in [1.54, 1.807) is 30.3 Å². The Kier molecular flexibility index (Phi) is 3.20. The van der Waals surface area contributed by atoms with Gasteiger partial charge in [0.15, 0.2) is 0 Å². The lowest BCUT2D eigenvalue weighted by atomic mass is 10.1. The second-order valence-electron chi connectivity index (χ2n) is 3.96. The molecule has 0 unspecified atom stereocenters. The average molecular weight is 239 g/mol. The maximum atomic E-state index is 11.9. The van der Waals surface area contributed by atoms with Crippen LogP contribution in [0.1, 0.15) is 18.4 Å². The molecule has 90 valence electrons. The number of rotatable bonds is 5. The van der Waals surface area contributed by atoms with Crippen molar-refractivity contribution in [2.75, 3.05) is 6.61 Å². The van der Waals surface area contributed by atoms with Gasteiger partial charge in [-0.3, -0.25) is 0 Å². The van der Waals surface area contributed by atoms with Crippen LogP contribution in [0, 0.1) is 0 Å². The van der Waals surface area contributed by atoms with Crippen LogP contribution in [0.3, 0.4) is 0 Å². The van der Waals surface area contributed by atoms with E-state index in [1.807, 2.05) is 0 Å². The molecule has 0 saturated heterocycles. The van der Waals surface area contributed by atoms with Crippen LogP contribution < -0.4 is 4.74 Å². The van der Waals surface area contributed by atoms with E-state index < -0.39 is 18.6 Å². The molecule has 2 rings (SSSR count). The smallest absolute Gasteiger partial charge is 0.272 e. The van der Waals surface area contributed by atoms with E-state index in [1.165, 1.54) is 0 Å². The molecule has 0 N–H and O–H groups in total. The predicted octanol–water partition coefficient (Wildman–Crippen LogP) is 2.66. The lowest BCUT2D eigenvalue weighted by Gasteiger charge is -2.10. The molecule has 0 aliphatic heterocycles. The van der Waals surface area contributed by atoms with E-state index in [9.17, 15) is 13.6 Å². The van der Waals surface area contributed by atoms with E-state index in [4.69, 9.17) is 4.74 Å². The van der Waals surface area contributed by atoms with Gasteiger partial charge in [-0.05, 0) is 30.5 Å². The maximum absolute atomic E-state index is 11.9. The fourth-order valence-electron chi connectivity index (χ4n) is 1.69. The molecule has 0 bridgehead atoms. The first-order valence-electron chi connectivity index (χ1n) is 5.27. The molecule has 1 aromatic carbocycles. The molecule has 5 heteroatoms. The van der Waals surface area contributed by atoms with Crippen molar-refractivity contribution in [1.29, 1.82) is 0 Å². The summed E-state index contributed by atoms with van der Waals surface area (Å²) < 4.78 is 28.7. The number of alkyl halides is 2. The molecular formula is C12H11F2NO2. The van der Waals surface area contributed by atoms with Crippen molar-refractivity contribution in [3.05, 3.63) is 29.8 Å². The van der Waals surface area contributed by atoms with Crippen molar-refractivity contribution in [2.45, 2.75) is 24.8 Å². The van der Waals surface area contributed by atoms with Crippen LogP contribution >= 0.6 is 0 Å². The Morgan fingerprint density at radius 3 is 2.47 bits per heavy atom. The van der Waals surface area contributed by atoms with Gasteiger partial charge in [0.05, 0.1) is 5.54 Å². The summed E-state index contributed by atoms with van der Waals surface area (Å²) >= 11 is 0. The van der Waals surface area contributed by atoms with E-state index >= 15 is 0 Å². The molecule has 1 aliphatic carbocycles. The van der Waals surface area contributed by atoms with Crippen LogP contribution in [-0.2, 0) is 10.3 Å². The number of aliphatic imine (C=N–C) groups is 1. The lowest BCUT2D eigenvalue weighted by Crippen LogP contribution is -2.07. The molecule has 1 saturated carbocycles. The lowest BCUT2D eigenvalue weighted by molar-refractivity contribution is 0.0819. The average Bonchev–Trinajstić information content (AvgIpc) is 3.09. The summed E-state index contributed by atoms with van der Waals surface area (Å²) in [5.41, 5.74) is 0.466. The standard InChI is InChI=1S/C12H11F2NO2/c13-11(14)7-17-10-3-1-9(2-4-10)12(5-6-12)15-8-16/h1-4,11H,5-7H2. The second kappa shape index (κ2) is 4.63. The van der Waals surface area contributed by atoms with Gasteiger partial charge in [-0.15, -0.1) is 0 Å². The Bertz CT molecular complexity index is 434. The van der Waals surface area contributed by atoms with Crippen LogP contribution in [0.4, 0.5) is 8.78 Å². The van der Waals surface area contributed by atoms with Crippen LogP contribution in [0.5, 0.6) is 5.75 Å². The van der Waals surface area contributed by atoms with Crippen LogP contribution in [-0.4, -0.2) is 19.1 Å². The minimum absolute atomic E-state index is 0.389. The third kappa shape index (κ3) is 2.68. The first-order chi connectivity index (χ1) is 8.16. The summed E-state index contributed by atoms with van der Waals surface area (Å²) in [6, 6.07) is 6.71. The SMILES string of the molecule is O=C=NC1(c2ccc(OCC(F)F)cc2)CC1. The molecule has 1 aliphatic rings. The summed E-state index contributed by atoms with van der Waals surface area (Å²) in [5, 5.41) is 0. The van der Waals surface area contributed by atoms with Crippen molar-refractivity contribution in [3.63, 3.8) is 0 Å². The molecule has 0 radical (unpaired) electrons. The van der Waals surface area contributed by atoms with Gasteiger partial charge in [-0.25, -0.2) is 13.6 Å². The Balaban J connectivity index is 2.06. The van der Waals surface area contributed by atoms with Crippen LogP contribution in [0.25, 0.3) is 0 Å². The van der Waals surface area contributed by atoms with Crippen molar-refractivity contribution < 1.29 is 18.3 Å². The highest BCUT2D eigenvalue weighted by atomic mass is 19.3. The van der Waals surface area contributed by atoms with Crippen molar-refractivity contribution in [3.8, 4) is 5.75 Å². The molecule has 0 amide bonds. The van der Waals surface area contributed by atoms with Crippen molar-refractivity contribution in [1.82, 2.24) is 0 Å². The largest absolute Gasteiger partial charge is 0.488 e. The van der Waals surface area contributed by atoms with Crippen molar-refractivity contribution in [2.24, 2.45) is 4.99 Å². The van der Waals surface area contributed by atoms with E-state index in [0.717, 1.165) is 18.4 Å². The second-order valence-corrected chi connectivity index (χ2v) is 3.96. The Morgan fingerprint density at radius 2 is 2.00 bits per heavy atom. The van der Waals surface area contributed by atoms with Gasteiger partial charge in [-0.1, -0.05) is 12.1 Å². The fraction of sp³-hybridized carbons (Fsp3) is 0.417. The Labute approximate surface area is 97.1 Å². The highest BCUT2D eigenvalue weighted by Gasteiger charge is 2.44. The zero-order valence-corrected chi connectivity index (χ0v) is 9.03. The molecule has 17 heavy (non-hydrogen) atoms. The maximum Gasteiger partial charge on any atom is 0.272 e. The van der Waals surface area contributed by atoms with E-state index in [-0.39, 0.29) is 0 Å². The summed E-state index contributed by atoms with van der Waals surface area (Å²) in [6.07, 6.45) is 0.724. The third-order valence-electron chi connectivity index (χ3n) is 2.75. The Morgan fingerprint density at radius 1 is 1.35 bits per heavy atom. The van der Waals surface area contributed by atoms with Gasteiger partial charge in [0, 0.05) is 0 Å². The minimum Gasteiger partial charge on any atom is -0.488 e. The number of hydrogen-bond donors (Lipinski definition) is 0. The summed E-state index contributed by atoms with van der Waals surface area (Å²) in [5.74, 6) is 0.389. The molecule has 0 atom stereocenters. The van der Waals surface area contributed by atoms with Crippen LogP contribution in [0.15, 0.2) is 29.3 Å². The predicted molar refractivity (Wildman–Crippen MR) is 57.0 cm³/mol. The normalized spacial score (nSPS) is 16.4. The monoisotopic (exact) mass is 239 g/mol. The minimum atomic E-state index is -2.48. The fourth-order valence-corrected chi connectivity index (χ4v) is 1.69. The van der Waals surface area contributed by atoms with Gasteiger partial charge in [0.2, 0.25) is 6.08 Å². The quantitative estimate of drug-likeness (QED) is 0.585. The van der Waals surface area contributed by atoms with Gasteiger partial charge in [0.25, 0.3) is 6.43 Å². The van der Waals surface area contributed by atoms with Gasteiger partial charge in [0.1, 0.15) is 12.4 Å². The number of isocyanates is 1. The molecule has 0 heterocycles. The Hall–Kier alpha value is -1.74. The van der Waals surface area contributed by atoms with Gasteiger partial charge in [-0.2, -0.15) is 4.99 Å². The molecule has 3 nitrogen and oxygen atoms in total. The number of hydrogen-bond acceptors (Lipinski definition) is 3. The highest BCUT2D eigenvalue weighted by molar-refractivity contribution is 5.42. The van der Waals surface area contributed by atoms with Crippen molar-refractivity contribution >= 4 is 6.08 Å². The summed E-state index contributed by atoms with van der Waals surface area (Å²) in [6.45, 7) is -0.614. The van der Waals surface area contributed by atoms with E-state index in [0.29, 0.717) is 5.75 Å². The number of benzene rings is 1. The zero-order chi connectivity index (χ0) is 12.3. The molecular weight excluding hydrogens is 228 g/mol. The summed E-state index contributed by atoms with van der Waals surface area (Å²) in [7, 11) is 0. The van der Waals surface area contributed by atoms with Crippen LogP contribution in [0.2, 0.25) is 0 Å². The first kappa shape index (κ1) is 11.7. The molecule has 0 aromatic heterocycles. The highest BCUT2D eigenvalue weighted by Crippen LogP contribution is 2.49. The number of ether oxygens (including phenoxy) is 1.